The van der Waals surface area contributed by atoms with Crippen molar-refractivity contribution in [1.29, 1.82) is 5.41 Å². The summed E-state index contributed by atoms with van der Waals surface area (Å²) in [6.45, 7) is 3.99. The van der Waals surface area contributed by atoms with Crippen molar-refractivity contribution >= 4 is 17.2 Å². The number of aromatic nitrogens is 1. The van der Waals surface area contributed by atoms with Crippen LogP contribution in [0.25, 0.3) is 0 Å². The zero-order valence-corrected chi connectivity index (χ0v) is 9.05. The van der Waals surface area contributed by atoms with E-state index in [4.69, 9.17) is 5.41 Å². The molecule has 1 saturated heterocycles. The lowest BCUT2D eigenvalue weighted by Crippen LogP contribution is -2.46. The Hall–Kier alpha value is -0.940. The molecule has 0 saturated carbocycles. The van der Waals surface area contributed by atoms with Crippen LogP contribution >= 0.6 is 11.3 Å². The molecule has 0 bridgehead atoms. The number of rotatable bonds is 1. The number of piperazine rings is 1. The van der Waals surface area contributed by atoms with Crippen LogP contribution in [-0.4, -0.2) is 53.8 Å². The number of hydrogen-bond acceptors (Lipinski definition) is 4. The van der Waals surface area contributed by atoms with E-state index in [1.54, 1.807) is 11.7 Å². The van der Waals surface area contributed by atoms with Gasteiger partial charge in [-0.3, -0.25) is 10.4 Å². The van der Waals surface area contributed by atoms with Gasteiger partial charge in [-0.2, -0.15) is 0 Å². The predicted octanol–water partition coefficient (Wildman–Crippen LogP) is 0.716. The minimum atomic E-state index is 0.626. The average Bonchev–Trinajstić information content (AvgIpc) is 2.71. The first-order valence-corrected chi connectivity index (χ1v) is 5.56. The standard InChI is InChI=1S/C9H14N4S/c1-12-2-4-13(5-3-12)9(10)8-6-11-7-14-8/h6-7,10H,2-5H2,1H3. The molecule has 0 spiro atoms. The second-order valence-electron chi connectivity index (χ2n) is 3.50. The molecule has 2 rings (SSSR count). The third kappa shape index (κ3) is 1.93. The Morgan fingerprint density at radius 3 is 2.71 bits per heavy atom. The van der Waals surface area contributed by atoms with E-state index in [-0.39, 0.29) is 0 Å². The van der Waals surface area contributed by atoms with Crippen molar-refractivity contribution in [2.45, 2.75) is 0 Å². The van der Waals surface area contributed by atoms with E-state index in [0.29, 0.717) is 5.84 Å². The number of nitrogens with zero attached hydrogens (tertiary/aromatic N) is 3. The van der Waals surface area contributed by atoms with Crippen molar-refractivity contribution < 1.29 is 0 Å². The minimum Gasteiger partial charge on any atom is -0.353 e. The Kier molecular flexibility index (Phi) is 2.79. The zero-order chi connectivity index (χ0) is 9.97. The summed E-state index contributed by atoms with van der Waals surface area (Å²) in [7, 11) is 2.12. The van der Waals surface area contributed by atoms with Gasteiger partial charge in [0, 0.05) is 32.4 Å². The molecule has 76 valence electrons. The molecule has 1 aliphatic rings. The van der Waals surface area contributed by atoms with E-state index in [9.17, 15) is 0 Å². The number of amidine groups is 1. The Bertz CT molecular complexity index is 301. The lowest BCUT2D eigenvalue weighted by Gasteiger charge is -2.33. The van der Waals surface area contributed by atoms with Gasteiger partial charge in [-0.05, 0) is 7.05 Å². The molecule has 5 heteroatoms. The molecule has 0 aliphatic carbocycles. The molecule has 1 aliphatic heterocycles. The summed E-state index contributed by atoms with van der Waals surface area (Å²) in [6.07, 6.45) is 1.77. The van der Waals surface area contributed by atoms with Crippen LogP contribution in [0.5, 0.6) is 0 Å². The second-order valence-corrected chi connectivity index (χ2v) is 4.39. The van der Waals surface area contributed by atoms with Crippen LogP contribution in [-0.2, 0) is 0 Å². The maximum atomic E-state index is 7.98. The summed E-state index contributed by atoms with van der Waals surface area (Å²) >= 11 is 1.53. The average molecular weight is 210 g/mol. The first-order chi connectivity index (χ1) is 6.77. The molecule has 0 aromatic carbocycles. The SMILES string of the molecule is CN1CCN(C(=N)c2cncs2)CC1. The molecule has 4 nitrogen and oxygen atoms in total. The van der Waals surface area contributed by atoms with Gasteiger partial charge in [0.25, 0.3) is 0 Å². The normalized spacial score (nSPS) is 18.5. The highest BCUT2D eigenvalue weighted by atomic mass is 32.1. The van der Waals surface area contributed by atoms with Crippen LogP contribution in [0.1, 0.15) is 4.88 Å². The van der Waals surface area contributed by atoms with E-state index < -0.39 is 0 Å². The van der Waals surface area contributed by atoms with Gasteiger partial charge >= 0.3 is 0 Å². The van der Waals surface area contributed by atoms with E-state index in [1.807, 2.05) is 0 Å². The number of nitrogens with one attached hydrogen (secondary N) is 1. The summed E-state index contributed by atoms with van der Waals surface area (Å²) in [5.74, 6) is 0.626. The van der Waals surface area contributed by atoms with Gasteiger partial charge in [0.15, 0.2) is 0 Å². The highest BCUT2D eigenvalue weighted by molar-refractivity contribution is 7.11. The third-order valence-corrected chi connectivity index (χ3v) is 3.27. The summed E-state index contributed by atoms with van der Waals surface area (Å²) in [4.78, 5) is 9.37. The van der Waals surface area contributed by atoms with E-state index in [0.717, 1.165) is 31.1 Å². The fourth-order valence-electron chi connectivity index (χ4n) is 1.52. The first kappa shape index (κ1) is 9.61. The topological polar surface area (TPSA) is 43.2 Å². The molecule has 1 N–H and O–H groups in total. The van der Waals surface area contributed by atoms with E-state index >= 15 is 0 Å². The lowest BCUT2D eigenvalue weighted by molar-refractivity contribution is 0.215. The Morgan fingerprint density at radius 2 is 2.14 bits per heavy atom. The second kappa shape index (κ2) is 4.06. The van der Waals surface area contributed by atoms with Crippen molar-refractivity contribution in [3.8, 4) is 0 Å². The molecule has 2 heterocycles. The van der Waals surface area contributed by atoms with Gasteiger partial charge in [-0.25, -0.2) is 0 Å². The maximum absolute atomic E-state index is 7.98. The van der Waals surface area contributed by atoms with Crippen LogP contribution in [0, 0.1) is 5.41 Å². The van der Waals surface area contributed by atoms with Crippen LogP contribution in [0.15, 0.2) is 11.7 Å². The summed E-state index contributed by atoms with van der Waals surface area (Å²) in [6, 6.07) is 0. The van der Waals surface area contributed by atoms with Gasteiger partial charge in [0.05, 0.1) is 10.4 Å². The molecule has 0 unspecified atom stereocenters. The Morgan fingerprint density at radius 1 is 1.43 bits per heavy atom. The van der Waals surface area contributed by atoms with Crippen LogP contribution in [0.3, 0.4) is 0 Å². The molecule has 0 atom stereocenters. The van der Waals surface area contributed by atoms with Gasteiger partial charge < -0.3 is 9.80 Å². The van der Waals surface area contributed by atoms with Gasteiger partial charge in [0.2, 0.25) is 0 Å². The highest BCUT2D eigenvalue weighted by Gasteiger charge is 2.17. The number of hydrogen-bond donors (Lipinski definition) is 1. The molecular formula is C9H14N4S. The van der Waals surface area contributed by atoms with Crippen molar-refractivity contribution in [1.82, 2.24) is 14.8 Å². The molecule has 0 radical (unpaired) electrons. The quantitative estimate of drug-likeness (QED) is 0.548. The largest absolute Gasteiger partial charge is 0.353 e. The van der Waals surface area contributed by atoms with Crippen molar-refractivity contribution in [3.05, 3.63) is 16.6 Å². The summed E-state index contributed by atoms with van der Waals surface area (Å²) in [5, 5.41) is 7.98. The van der Waals surface area contributed by atoms with Crippen LogP contribution in [0.4, 0.5) is 0 Å². The molecule has 1 aromatic heterocycles. The van der Waals surface area contributed by atoms with E-state index in [1.165, 1.54) is 11.3 Å². The fraction of sp³-hybridized carbons (Fsp3) is 0.556. The van der Waals surface area contributed by atoms with Crippen LogP contribution < -0.4 is 0 Å². The summed E-state index contributed by atoms with van der Waals surface area (Å²) in [5.41, 5.74) is 1.78. The lowest BCUT2D eigenvalue weighted by atomic mass is 10.3. The Labute approximate surface area is 87.7 Å². The fourth-order valence-corrected chi connectivity index (χ4v) is 2.12. The number of likely N-dealkylation sites (N-methyl/N-ethyl adjacent to an activating group) is 1. The maximum Gasteiger partial charge on any atom is 0.140 e. The van der Waals surface area contributed by atoms with Gasteiger partial charge in [-0.1, -0.05) is 0 Å². The van der Waals surface area contributed by atoms with Crippen molar-refractivity contribution in [2.75, 3.05) is 33.2 Å². The minimum absolute atomic E-state index is 0.626. The van der Waals surface area contributed by atoms with Crippen LogP contribution in [0.2, 0.25) is 0 Å². The molecule has 1 fully saturated rings. The third-order valence-electron chi connectivity index (χ3n) is 2.49. The smallest absolute Gasteiger partial charge is 0.140 e. The molecule has 1 aromatic rings. The van der Waals surface area contributed by atoms with Gasteiger partial charge in [-0.15, -0.1) is 11.3 Å². The molecular weight excluding hydrogens is 196 g/mol. The van der Waals surface area contributed by atoms with Crippen molar-refractivity contribution in [2.24, 2.45) is 0 Å². The van der Waals surface area contributed by atoms with Crippen molar-refractivity contribution in [3.63, 3.8) is 0 Å². The predicted molar refractivity (Wildman–Crippen MR) is 58.0 cm³/mol. The highest BCUT2D eigenvalue weighted by Crippen LogP contribution is 2.11. The summed E-state index contributed by atoms with van der Waals surface area (Å²) < 4.78 is 0. The number of thiazole rings is 1. The van der Waals surface area contributed by atoms with E-state index in [2.05, 4.69) is 21.8 Å². The Balaban J connectivity index is 1.99. The molecule has 0 amide bonds. The van der Waals surface area contributed by atoms with Gasteiger partial charge in [0.1, 0.15) is 5.84 Å². The zero-order valence-electron chi connectivity index (χ0n) is 8.23. The molecule has 14 heavy (non-hydrogen) atoms. The first-order valence-electron chi connectivity index (χ1n) is 4.68. The monoisotopic (exact) mass is 210 g/mol.